The lowest BCUT2D eigenvalue weighted by molar-refractivity contribution is -0.161. The van der Waals surface area contributed by atoms with Gasteiger partial charge in [0.1, 0.15) is 17.1 Å². The standard InChI is InChI=1S/C29H37NO5S/c1-17(2)29(13-12-20-8-10-21(11-9-20)30-19(4)31)16-24(33)26(27(34)35-29)36-25-18(3)14-22(32)15-23(25)28(5,6)7/h8-11,14-17,26,32-33H,12-13H2,1-7H3,(H,30,31)/t26?,29-/m0/s1. The zero-order chi connectivity index (χ0) is 26.8. The van der Waals surface area contributed by atoms with Crippen LogP contribution in [0.25, 0.3) is 0 Å². The number of nitrogens with one attached hydrogen (secondary N) is 1. The van der Waals surface area contributed by atoms with Gasteiger partial charge in [-0.05, 0) is 78.1 Å². The van der Waals surface area contributed by atoms with Crippen LogP contribution < -0.4 is 5.32 Å². The highest BCUT2D eigenvalue weighted by Crippen LogP contribution is 2.44. The molecule has 2 aromatic rings. The van der Waals surface area contributed by atoms with E-state index in [0.717, 1.165) is 27.3 Å². The molecule has 1 heterocycles. The Morgan fingerprint density at radius 3 is 2.33 bits per heavy atom. The van der Waals surface area contributed by atoms with Crippen molar-refractivity contribution in [3.8, 4) is 5.75 Å². The Labute approximate surface area is 218 Å². The van der Waals surface area contributed by atoms with Crippen LogP contribution >= 0.6 is 11.8 Å². The monoisotopic (exact) mass is 511 g/mol. The number of rotatable bonds is 7. The van der Waals surface area contributed by atoms with E-state index in [1.54, 1.807) is 18.2 Å². The first-order valence-corrected chi connectivity index (χ1v) is 13.1. The second-order valence-corrected chi connectivity index (χ2v) is 12.0. The molecule has 0 radical (unpaired) electrons. The summed E-state index contributed by atoms with van der Waals surface area (Å²) in [6, 6.07) is 11.0. The van der Waals surface area contributed by atoms with Crippen LogP contribution in [-0.2, 0) is 26.2 Å². The maximum absolute atomic E-state index is 13.3. The molecule has 194 valence electrons. The Hall–Kier alpha value is -2.93. The Kier molecular flexibility index (Phi) is 8.13. The fourth-order valence-electron chi connectivity index (χ4n) is 4.41. The minimum absolute atomic E-state index is 0.00158. The maximum atomic E-state index is 13.3. The van der Waals surface area contributed by atoms with Gasteiger partial charge in [-0.2, -0.15) is 0 Å². The number of ether oxygens (including phenoxy) is 1. The molecule has 0 spiro atoms. The van der Waals surface area contributed by atoms with E-state index in [9.17, 15) is 19.8 Å². The van der Waals surface area contributed by atoms with E-state index in [0.29, 0.717) is 12.8 Å². The summed E-state index contributed by atoms with van der Waals surface area (Å²) >= 11 is 1.26. The number of benzene rings is 2. The number of phenols is 1. The minimum atomic E-state index is -0.925. The average Bonchev–Trinajstić information content (AvgIpc) is 2.75. The summed E-state index contributed by atoms with van der Waals surface area (Å²) in [7, 11) is 0. The van der Waals surface area contributed by atoms with Crippen molar-refractivity contribution in [1.82, 2.24) is 0 Å². The van der Waals surface area contributed by atoms with Gasteiger partial charge in [0, 0.05) is 17.5 Å². The number of anilines is 1. The maximum Gasteiger partial charge on any atom is 0.328 e. The molecule has 3 N–H and O–H groups in total. The van der Waals surface area contributed by atoms with Gasteiger partial charge in [-0.3, -0.25) is 9.59 Å². The van der Waals surface area contributed by atoms with Gasteiger partial charge in [-0.25, -0.2) is 0 Å². The highest BCUT2D eigenvalue weighted by atomic mass is 32.2. The number of phenolic OH excluding ortho intramolecular Hbond substituents is 1. The molecule has 7 heteroatoms. The van der Waals surface area contributed by atoms with E-state index in [1.165, 1.54) is 18.7 Å². The number of carbonyl (C=O) groups is 2. The van der Waals surface area contributed by atoms with Gasteiger partial charge < -0.3 is 20.3 Å². The normalized spacial score (nSPS) is 20.2. The molecule has 0 saturated carbocycles. The van der Waals surface area contributed by atoms with Crippen molar-refractivity contribution in [3.63, 3.8) is 0 Å². The summed E-state index contributed by atoms with van der Waals surface area (Å²) in [6.45, 7) is 13.5. The molecule has 6 nitrogen and oxygen atoms in total. The smallest absolute Gasteiger partial charge is 0.328 e. The SMILES string of the molecule is CC(=O)Nc1ccc(CC[C@@]2(C(C)C)C=C(O)C(Sc3c(C)cc(O)cc3C(C)(C)C)C(=O)O2)cc1. The highest BCUT2D eigenvalue weighted by Gasteiger charge is 2.45. The third-order valence-electron chi connectivity index (χ3n) is 6.52. The first-order valence-electron chi connectivity index (χ1n) is 12.2. The Morgan fingerprint density at radius 2 is 1.81 bits per heavy atom. The number of hydrogen-bond donors (Lipinski definition) is 3. The van der Waals surface area contributed by atoms with Crippen molar-refractivity contribution in [2.24, 2.45) is 5.92 Å². The van der Waals surface area contributed by atoms with E-state index in [1.807, 2.05) is 65.8 Å². The quantitative estimate of drug-likeness (QED) is 0.370. The fraction of sp³-hybridized carbons (Fsp3) is 0.448. The van der Waals surface area contributed by atoms with Crippen LogP contribution in [0.15, 0.2) is 53.1 Å². The predicted molar refractivity (Wildman–Crippen MR) is 145 cm³/mol. The Balaban J connectivity index is 1.85. The lowest BCUT2D eigenvalue weighted by Crippen LogP contribution is -2.46. The van der Waals surface area contributed by atoms with Crippen molar-refractivity contribution in [2.75, 3.05) is 5.32 Å². The molecule has 0 aromatic heterocycles. The first kappa shape index (κ1) is 27.7. The number of cyclic esters (lactones) is 1. The van der Waals surface area contributed by atoms with Crippen LogP contribution in [0.4, 0.5) is 5.69 Å². The molecule has 2 atom stereocenters. The minimum Gasteiger partial charge on any atom is -0.511 e. The van der Waals surface area contributed by atoms with E-state index >= 15 is 0 Å². The molecule has 3 rings (SSSR count). The number of hydrogen-bond acceptors (Lipinski definition) is 6. The lowest BCUT2D eigenvalue weighted by atomic mass is 9.82. The van der Waals surface area contributed by atoms with Crippen molar-refractivity contribution >= 4 is 29.3 Å². The number of thioether (sulfide) groups is 1. The third kappa shape index (κ3) is 6.25. The van der Waals surface area contributed by atoms with Crippen LogP contribution in [0.5, 0.6) is 5.75 Å². The molecule has 1 unspecified atom stereocenters. The molecule has 0 aliphatic carbocycles. The molecule has 1 amide bonds. The number of aliphatic hydroxyl groups is 1. The summed E-state index contributed by atoms with van der Waals surface area (Å²) in [5.74, 6) is -0.466. The Bertz CT molecular complexity index is 1160. The van der Waals surface area contributed by atoms with E-state index < -0.39 is 16.8 Å². The predicted octanol–water partition coefficient (Wildman–Crippen LogP) is 6.44. The largest absolute Gasteiger partial charge is 0.511 e. The molecule has 2 aromatic carbocycles. The van der Waals surface area contributed by atoms with Gasteiger partial charge in [0.05, 0.1) is 0 Å². The van der Waals surface area contributed by atoms with Gasteiger partial charge in [0.2, 0.25) is 5.91 Å². The highest BCUT2D eigenvalue weighted by molar-refractivity contribution is 8.01. The molecule has 1 aliphatic rings. The number of aromatic hydroxyl groups is 1. The van der Waals surface area contributed by atoms with Gasteiger partial charge in [-0.15, -0.1) is 11.8 Å². The van der Waals surface area contributed by atoms with Gasteiger partial charge in [-0.1, -0.05) is 46.8 Å². The number of aryl methyl sites for hydroxylation is 2. The molecule has 0 saturated heterocycles. The first-order chi connectivity index (χ1) is 16.7. The van der Waals surface area contributed by atoms with Gasteiger partial charge in [0.25, 0.3) is 0 Å². The second kappa shape index (κ2) is 10.6. The lowest BCUT2D eigenvalue weighted by Gasteiger charge is -2.39. The van der Waals surface area contributed by atoms with E-state index in [2.05, 4.69) is 5.32 Å². The van der Waals surface area contributed by atoms with Gasteiger partial charge in [0.15, 0.2) is 5.25 Å². The van der Waals surface area contributed by atoms with Crippen molar-refractivity contribution < 1.29 is 24.5 Å². The van der Waals surface area contributed by atoms with Crippen molar-refractivity contribution in [2.45, 2.75) is 82.5 Å². The topological polar surface area (TPSA) is 95.9 Å². The second-order valence-electron chi connectivity index (χ2n) is 10.9. The third-order valence-corrected chi connectivity index (χ3v) is 7.97. The van der Waals surface area contributed by atoms with E-state index in [-0.39, 0.29) is 28.7 Å². The van der Waals surface area contributed by atoms with Crippen LogP contribution in [0, 0.1) is 12.8 Å². The zero-order valence-electron chi connectivity index (χ0n) is 22.1. The number of carbonyl (C=O) groups excluding carboxylic acids is 2. The molecular formula is C29H37NO5S. The Morgan fingerprint density at radius 1 is 1.17 bits per heavy atom. The van der Waals surface area contributed by atoms with E-state index in [4.69, 9.17) is 4.74 Å². The molecule has 1 aliphatic heterocycles. The molecule has 36 heavy (non-hydrogen) atoms. The van der Waals surface area contributed by atoms with Crippen LogP contribution in [0.1, 0.15) is 64.7 Å². The van der Waals surface area contributed by atoms with Crippen molar-refractivity contribution in [1.29, 1.82) is 0 Å². The number of esters is 1. The number of amides is 1. The summed E-state index contributed by atoms with van der Waals surface area (Å²) in [6.07, 6.45) is 2.86. The molecule has 0 fully saturated rings. The molecular weight excluding hydrogens is 474 g/mol. The average molecular weight is 512 g/mol. The summed E-state index contributed by atoms with van der Waals surface area (Å²) < 4.78 is 6.08. The number of aliphatic hydroxyl groups excluding tert-OH is 1. The fourth-order valence-corrected chi connectivity index (χ4v) is 5.71. The summed E-state index contributed by atoms with van der Waals surface area (Å²) in [5, 5.41) is 23.1. The van der Waals surface area contributed by atoms with Crippen LogP contribution in [0.3, 0.4) is 0 Å². The van der Waals surface area contributed by atoms with Crippen molar-refractivity contribution in [3.05, 3.63) is 64.9 Å². The zero-order valence-corrected chi connectivity index (χ0v) is 23.0. The summed E-state index contributed by atoms with van der Waals surface area (Å²) in [5.41, 5.74) is 2.33. The summed E-state index contributed by atoms with van der Waals surface area (Å²) in [4.78, 5) is 25.4. The van der Waals surface area contributed by atoms with Gasteiger partial charge >= 0.3 is 5.97 Å². The van der Waals surface area contributed by atoms with Crippen LogP contribution in [-0.4, -0.2) is 32.9 Å². The molecule has 0 bridgehead atoms. The van der Waals surface area contributed by atoms with Crippen LogP contribution in [0.2, 0.25) is 0 Å².